The predicted octanol–water partition coefficient (Wildman–Crippen LogP) is 1.45. The van der Waals surface area contributed by atoms with Crippen molar-refractivity contribution in [3.8, 4) is 0 Å². The Hall–Kier alpha value is -0.700. The average molecular weight is 126 g/mol. The largest absolute Gasteiger partial charge is 0.306 e. The van der Waals surface area contributed by atoms with Crippen molar-refractivity contribution in [2.24, 2.45) is 0 Å². The molecule has 0 aromatic carbocycles. The van der Waals surface area contributed by atoms with Crippen LogP contribution < -0.4 is 0 Å². The van der Waals surface area contributed by atoms with E-state index in [0.29, 0.717) is 0 Å². The van der Waals surface area contributed by atoms with Crippen LogP contribution >= 0.6 is 11.3 Å². The Morgan fingerprint density at radius 3 is 2.88 bits per heavy atom. The van der Waals surface area contributed by atoms with Gasteiger partial charge >= 0.3 is 0 Å². The number of aryl methyl sites for hydroxylation is 1. The van der Waals surface area contributed by atoms with Crippen molar-refractivity contribution in [3.05, 3.63) is 16.1 Å². The van der Waals surface area contributed by atoms with Crippen molar-refractivity contribution >= 4 is 17.6 Å². The highest BCUT2D eigenvalue weighted by Crippen LogP contribution is 2.04. The van der Waals surface area contributed by atoms with Crippen molar-refractivity contribution in [3.63, 3.8) is 0 Å². The minimum Gasteiger partial charge on any atom is -0.306 e. The van der Waals surface area contributed by atoms with Gasteiger partial charge in [-0.3, -0.25) is 0 Å². The molecule has 0 radical (unpaired) electrons. The third kappa shape index (κ3) is 0.924. The second-order valence-corrected chi connectivity index (χ2v) is 2.36. The molecule has 0 saturated carbocycles. The lowest BCUT2D eigenvalue weighted by Crippen LogP contribution is -1.74. The van der Waals surface area contributed by atoms with Gasteiger partial charge in [0, 0.05) is 11.1 Å². The normalized spacial score (nSPS) is 9.12. The molecule has 8 heavy (non-hydrogen) atoms. The van der Waals surface area contributed by atoms with Crippen LogP contribution in [-0.2, 0) is 0 Å². The maximum Gasteiger partial charge on any atom is 0.133 e. The topological polar surface area (TPSA) is 36.7 Å². The van der Waals surface area contributed by atoms with E-state index in [1.165, 1.54) is 17.6 Å². The molecular weight excluding hydrogens is 120 g/mol. The summed E-state index contributed by atoms with van der Waals surface area (Å²) in [7, 11) is 0. The summed E-state index contributed by atoms with van der Waals surface area (Å²) in [5, 5.41) is 9.49. The molecule has 0 aliphatic heterocycles. The zero-order valence-electron chi connectivity index (χ0n) is 4.51. The van der Waals surface area contributed by atoms with Crippen LogP contribution in [0.2, 0.25) is 0 Å². The minimum atomic E-state index is 0.780. The van der Waals surface area contributed by atoms with Crippen molar-refractivity contribution in [2.45, 2.75) is 6.92 Å². The highest BCUT2D eigenvalue weighted by atomic mass is 32.1. The summed E-state index contributed by atoms with van der Waals surface area (Å²) in [6.07, 6.45) is 1.26. The van der Waals surface area contributed by atoms with Gasteiger partial charge < -0.3 is 5.41 Å². The monoisotopic (exact) mass is 126 g/mol. The Kier molecular flexibility index (Phi) is 1.39. The highest BCUT2D eigenvalue weighted by Gasteiger charge is 1.89. The molecule has 2 nitrogen and oxygen atoms in total. The summed E-state index contributed by atoms with van der Waals surface area (Å²) in [5.74, 6) is 0. The predicted molar refractivity (Wildman–Crippen MR) is 34.7 cm³/mol. The molecule has 0 aliphatic carbocycles. The van der Waals surface area contributed by atoms with E-state index < -0.39 is 0 Å². The molecule has 0 aliphatic rings. The van der Waals surface area contributed by atoms with Gasteiger partial charge in [-0.1, -0.05) is 0 Å². The van der Waals surface area contributed by atoms with Gasteiger partial charge in [0.05, 0.1) is 6.21 Å². The first-order valence-corrected chi connectivity index (χ1v) is 3.13. The Bertz CT molecular complexity index is 192. The lowest BCUT2D eigenvalue weighted by molar-refractivity contribution is 1.25. The Balaban J connectivity index is 3.00. The molecule has 0 saturated heterocycles. The van der Waals surface area contributed by atoms with E-state index in [9.17, 15) is 0 Å². The molecule has 1 heterocycles. The molecule has 42 valence electrons. The molecule has 1 rings (SSSR count). The number of hydrogen-bond donors (Lipinski definition) is 1. The van der Waals surface area contributed by atoms with Crippen LogP contribution in [-0.4, -0.2) is 11.2 Å². The second kappa shape index (κ2) is 2.05. The maximum atomic E-state index is 6.78. The Morgan fingerprint density at radius 2 is 2.62 bits per heavy atom. The van der Waals surface area contributed by atoms with Crippen LogP contribution in [0.4, 0.5) is 0 Å². The quantitative estimate of drug-likeness (QED) is 0.568. The number of hydrogen-bond acceptors (Lipinski definition) is 3. The molecule has 3 heteroatoms. The van der Waals surface area contributed by atoms with Crippen LogP contribution in [0.15, 0.2) is 5.38 Å². The maximum absolute atomic E-state index is 6.78. The smallest absolute Gasteiger partial charge is 0.133 e. The summed E-state index contributed by atoms with van der Waals surface area (Å²) in [4.78, 5) is 4.00. The molecular formula is C5H6N2S. The molecule has 0 amide bonds. The number of nitrogens with one attached hydrogen (secondary N) is 1. The molecule has 0 spiro atoms. The standard InChI is InChI=1S/C5H6N2S/c1-4-3-8-5(2-6)7-4/h2-3,6H,1H3. The van der Waals surface area contributed by atoms with Crippen molar-refractivity contribution < 1.29 is 0 Å². The van der Waals surface area contributed by atoms with E-state index in [4.69, 9.17) is 5.41 Å². The number of thiazole rings is 1. The Morgan fingerprint density at radius 1 is 1.88 bits per heavy atom. The van der Waals surface area contributed by atoms with E-state index in [-0.39, 0.29) is 0 Å². The number of aromatic nitrogens is 1. The van der Waals surface area contributed by atoms with Crippen molar-refractivity contribution in [2.75, 3.05) is 0 Å². The van der Waals surface area contributed by atoms with Gasteiger partial charge in [0.25, 0.3) is 0 Å². The molecule has 0 bridgehead atoms. The summed E-state index contributed by atoms with van der Waals surface area (Å²) in [5.41, 5.74) is 0.994. The molecule has 0 fully saturated rings. The first-order chi connectivity index (χ1) is 3.83. The van der Waals surface area contributed by atoms with E-state index in [0.717, 1.165) is 10.7 Å². The van der Waals surface area contributed by atoms with Crippen LogP contribution in [0, 0.1) is 12.3 Å². The van der Waals surface area contributed by atoms with Gasteiger partial charge in [-0.25, -0.2) is 4.98 Å². The van der Waals surface area contributed by atoms with Gasteiger partial charge in [-0.05, 0) is 6.92 Å². The SMILES string of the molecule is Cc1csc(C=N)n1. The van der Waals surface area contributed by atoms with Crippen LogP contribution in [0.5, 0.6) is 0 Å². The van der Waals surface area contributed by atoms with E-state index in [1.54, 1.807) is 0 Å². The fraction of sp³-hybridized carbons (Fsp3) is 0.200. The average Bonchev–Trinajstić information content (AvgIpc) is 2.14. The third-order valence-electron chi connectivity index (χ3n) is 0.760. The lowest BCUT2D eigenvalue weighted by atomic mass is 10.6. The van der Waals surface area contributed by atoms with Gasteiger partial charge in [-0.15, -0.1) is 11.3 Å². The van der Waals surface area contributed by atoms with Gasteiger partial charge in [0.1, 0.15) is 5.01 Å². The lowest BCUT2D eigenvalue weighted by Gasteiger charge is -1.72. The van der Waals surface area contributed by atoms with Gasteiger partial charge in [-0.2, -0.15) is 0 Å². The van der Waals surface area contributed by atoms with Crippen LogP contribution in [0.3, 0.4) is 0 Å². The first-order valence-electron chi connectivity index (χ1n) is 2.25. The molecule has 1 aromatic heterocycles. The Labute approximate surface area is 51.7 Å². The number of nitrogens with zero attached hydrogens (tertiary/aromatic N) is 1. The summed E-state index contributed by atoms with van der Waals surface area (Å²) < 4.78 is 0. The molecule has 0 unspecified atom stereocenters. The summed E-state index contributed by atoms with van der Waals surface area (Å²) >= 11 is 1.50. The fourth-order valence-electron chi connectivity index (χ4n) is 0.438. The third-order valence-corrected chi connectivity index (χ3v) is 1.67. The van der Waals surface area contributed by atoms with E-state index in [1.807, 2.05) is 12.3 Å². The van der Waals surface area contributed by atoms with Crippen LogP contribution in [0.1, 0.15) is 10.7 Å². The minimum absolute atomic E-state index is 0.780. The summed E-state index contributed by atoms with van der Waals surface area (Å²) in [6, 6.07) is 0. The molecule has 1 aromatic rings. The van der Waals surface area contributed by atoms with E-state index in [2.05, 4.69) is 4.98 Å². The van der Waals surface area contributed by atoms with Crippen molar-refractivity contribution in [1.29, 1.82) is 5.41 Å². The molecule has 0 atom stereocenters. The fourth-order valence-corrected chi connectivity index (χ4v) is 1.05. The second-order valence-electron chi connectivity index (χ2n) is 1.47. The molecule has 1 N–H and O–H groups in total. The van der Waals surface area contributed by atoms with Crippen LogP contribution in [0.25, 0.3) is 0 Å². The van der Waals surface area contributed by atoms with Gasteiger partial charge in [0.2, 0.25) is 0 Å². The van der Waals surface area contributed by atoms with Gasteiger partial charge in [0.15, 0.2) is 0 Å². The zero-order valence-corrected chi connectivity index (χ0v) is 5.33. The first kappa shape index (κ1) is 5.44. The van der Waals surface area contributed by atoms with E-state index >= 15 is 0 Å². The zero-order chi connectivity index (χ0) is 5.98. The highest BCUT2D eigenvalue weighted by molar-refractivity contribution is 7.11. The van der Waals surface area contributed by atoms with Crippen molar-refractivity contribution in [1.82, 2.24) is 4.98 Å². The summed E-state index contributed by atoms with van der Waals surface area (Å²) in [6.45, 7) is 1.92. The number of rotatable bonds is 1.